The SMILES string of the molecule is C=CCN1C=CC=C(O)C1C. The van der Waals surface area contributed by atoms with Gasteiger partial charge < -0.3 is 10.0 Å². The molecule has 1 atom stereocenters. The maximum absolute atomic E-state index is 9.31. The molecule has 0 saturated carbocycles. The van der Waals surface area contributed by atoms with Crippen molar-refractivity contribution in [2.75, 3.05) is 6.54 Å². The summed E-state index contributed by atoms with van der Waals surface area (Å²) in [5, 5.41) is 9.31. The molecule has 2 heteroatoms. The van der Waals surface area contributed by atoms with E-state index < -0.39 is 0 Å². The molecule has 1 rings (SSSR count). The van der Waals surface area contributed by atoms with Gasteiger partial charge in [0, 0.05) is 12.7 Å². The van der Waals surface area contributed by atoms with Crippen LogP contribution in [0.4, 0.5) is 0 Å². The van der Waals surface area contributed by atoms with Crippen LogP contribution in [-0.2, 0) is 0 Å². The average molecular weight is 151 g/mol. The van der Waals surface area contributed by atoms with Gasteiger partial charge in [-0.05, 0) is 19.1 Å². The van der Waals surface area contributed by atoms with E-state index in [0.717, 1.165) is 6.54 Å². The molecule has 60 valence electrons. The minimum atomic E-state index is 0.0815. The quantitative estimate of drug-likeness (QED) is 0.609. The first-order valence-corrected chi connectivity index (χ1v) is 3.69. The van der Waals surface area contributed by atoms with Crippen LogP contribution >= 0.6 is 0 Å². The van der Waals surface area contributed by atoms with Crippen molar-refractivity contribution in [1.82, 2.24) is 4.90 Å². The lowest BCUT2D eigenvalue weighted by Gasteiger charge is -2.28. The number of allylic oxidation sites excluding steroid dienone is 2. The fraction of sp³-hybridized carbons (Fsp3) is 0.333. The third-order valence-electron chi connectivity index (χ3n) is 1.81. The Hall–Kier alpha value is -1.18. The maximum atomic E-state index is 9.31. The topological polar surface area (TPSA) is 23.5 Å². The smallest absolute Gasteiger partial charge is 0.114 e. The Morgan fingerprint density at radius 1 is 1.82 bits per heavy atom. The zero-order valence-corrected chi connectivity index (χ0v) is 6.70. The van der Waals surface area contributed by atoms with E-state index in [1.165, 1.54) is 0 Å². The lowest BCUT2D eigenvalue weighted by atomic mass is 10.2. The summed E-state index contributed by atoms with van der Waals surface area (Å²) >= 11 is 0. The molecular weight excluding hydrogens is 138 g/mol. The Morgan fingerprint density at radius 3 is 3.18 bits per heavy atom. The van der Waals surface area contributed by atoms with E-state index >= 15 is 0 Å². The highest BCUT2D eigenvalue weighted by atomic mass is 16.3. The van der Waals surface area contributed by atoms with Gasteiger partial charge in [-0.2, -0.15) is 0 Å². The molecule has 1 aliphatic rings. The predicted molar refractivity (Wildman–Crippen MR) is 46.2 cm³/mol. The highest BCUT2D eigenvalue weighted by molar-refractivity contribution is 5.17. The van der Waals surface area contributed by atoms with Crippen molar-refractivity contribution in [2.24, 2.45) is 0 Å². The molecule has 0 aromatic carbocycles. The standard InChI is InChI=1S/C9H13NO/c1-3-6-10-7-4-5-9(11)8(10)2/h3-5,7-8,11H,1,6H2,2H3. The number of aliphatic hydroxyl groups is 1. The Kier molecular flexibility index (Phi) is 2.36. The van der Waals surface area contributed by atoms with E-state index in [-0.39, 0.29) is 6.04 Å². The van der Waals surface area contributed by atoms with Crippen molar-refractivity contribution in [3.05, 3.63) is 36.8 Å². The molecule has 1 N–H and O–H groups in total. The summed E-state index contributed by atoms with van der Waals surface area (Å²) in [6, 6.07) is 0.0815. The molecule has 0 saturated heterocycles. The monoisotopic (exact) mass is 151 g/mol. The number of nitrogens with zero attached hydrogens (tertiary/aromatic N) is 1. The first-order chi connectivity index (χ1) is 5.25. The molecule has 1 heterocycles. The second-order valence-corrected chi connectivity index (χ2v) is 2.59. The molecule has 2 nitrogen and oxygen atoms in total. The number of rotatable bonds is 2. The van der Waals surface area contributed by atoms with Gasteiger partial charge in [0.2, 0.25) is 0 Å². The van der Waals surface area contributed by atoms with E-state index in [2.05, 4.69) is 6.58 Å². The molecule has 0 radical (unpaired) electrons. The predicted octanol–water partition coefficient (Wildman–Crippen LogP) is 1.83. The average Bonchev–Trinajstić information content (AvgIpc) is 1.99. The largest absolute Gasteiger partial charge is 0.510 e. The molecule has 0 bridgehead atoms. The Morgan fingerprint density at radius 2 is 2.55 bits per heavy atom. The normalized spacial score (nSPS) is 23.2. The summed E-state index contributed by atoms with van der Waals surface area (Å²) in [5.74, 6) is 0.411. The highest BCUT2D eigenvalue weighted by Gasteiger charge is 2.14. The third-order valence-corrected chi connectivity index (χ3v) is 1.81. The third kappa shape index (κ3) is 1.64. The van der Waals surface area contributed by atoms with Gasteiger partial charge >= 0.3 is 0 Å². The molecule has 0 spiro atoms. The molecule has 0 aliphatic carbocycles. The molecule has 0 aromatic rings. The van der Waals surface area contributed by atoms with Crippen LogP contribution in [0.3, 0.4) is 0 Å². The van der Waals surface area contributed by atoms with Gasteiger partial charge in [0.05, 0.1) is 6.04 Å². The maximum Gasteiger partial charge on any atom is 0.114 e. The summed E-state index contributed by atoms with van der Waals surface area (Å²) in [6.45, 7) is 6.37. The van der Waals surface area contributed by atoms with Gasteiger partial charge in [-0.15, -0.1) is 6.58 Å². The molecule has 1 aliphatic heterocycles. The number of hydrogen-bond acceptors (Lipinski definition) is 2. The van der Waals surface area contributed by atoms with Crippen LogP contribution < -0.4 is 0 Å². The minimum absolute atomic E-state index is 0.0815. The number of aliphatic hydroxyl groups excluding tert-OH is 1. The van der Waals surface area contributed by atoms with Crippen LogP contribution in [-0.4, -0.2) is 22.6 Å². The van der Waals surface area contributed by atoms with Crippen LogP contribution in [0.5, 0.6) is 0 Å². The van der Waals surface area contributed by atoms with Crippen molar-refractivity contribution in [1.29, 1.82) is 0 Å². The van der Waals surface area contributed by atoms with Gasteiger partial charge in [-0.25, -0.2) is 0 Å². The van der Waals surface area contributed by atoms with Crippen molar-refractivity contribution >= 4 is 0 Å². The molecule has 0 fully saturated rings. The van der Waals surface area contributed by atoms with Gasteiger partial charge in [0.15, 0.2) is 0 Å². The van der Waals surface area contributed by atoms with Gasteiger partial charge in [0.1, 0.15) is 5.76 Å². The van der Waals surface area contributed by atoms with Gasteiger partial charge in [-0.1, -0.05) is 6.08 Å². The lowest BCUT2D eigenvalue weighted by Crippen LogP contribution is -2.31. The van der Waals surface area contributed by atoms with Crippen molar-refractivity contribution < 1.29 is 5.11 Å². The van der Waals surface area contributed by atoms with Gasteiger partial charge in [-0.3, -0.25) is 0 Å². The van der Waals surface area contributed by atoms with Crippen LogP contribution in [0.2, 0.25) is 0 Å². The van der Waals surface area contributed by atoms with E-state index in [9.17, 15) is 5.11 Å². The highest BCUT2D eigenvalue weighted by Crippen LogP contribution is 2.12. The zero-order valence-electron chi connectivity index (χ0n) is 6.70. The van der Waals surface area contributed by atoms with Crippen molar-refractivity contribution in [3.8, 4) is 0 Å². The van der Waals surface area contributed by atoms with Crippen LogP contribution in [0.15, 0.2) is 36.8 Å². The summed E-state index contributed by atoms with van der Waals surface area (Å²) in [4.78, 5) is 2.02. The molecule has 0 amide bonds. The number of hydrogen-bond donors (Lipinski definition) is 1. The second-order valence-electron chi connectivity index (χ2n) is 2.59. The fourth-order valence-electron chi connectivity index (χ4n) is 1.06. The van der Waals surface area contributed by atoms with E-state index in [1.54, 1.807) is 6.08 Å². The van der Waals surface area contributed by atoms with Crippen LogP contribution in [0, 0.1) is 0 Å². The zero-order chi connectivity index (χ0) is 8.27. The first-order valence-electron chi connectivity index (χ1n) is 3.69. The van der Waals surface area contributed by atoms with Crippen LogP contribution in [0.25, 0.3) is 0 Å². The fourth-order valence-corrected chi connectivity index (χ4v) is 1.06. The Labute approximate surface area is 67.1 Å². The molecule has 1 unspecified atom stereocenters. The first kappa shape index (κ1) is 7.92. The van der Waals surface area contributed by atoms with Crippen LogP contribution in [0.1, 0.15) is 6.92 Å². The summed E-state index contributed by atoms with van der Waals surface area (Å²) in [7, 11) is 0. The van der Waals surface area contributed by atoms with E-state index in [4.69, 9.17) is 0 Å². The Bertz CT molecular complexity index is 206. The van der Waals surface area contributed by atoms with E-state index in [1.807, 2.05) is 30.2 Å². The summed E-state index contributed by atoms with van der Waals surface area (Å²) in [5.41, 5.74) is 0. The van der Waals surface area contributed by atoms with Crippen molar-refractivity contribution in [2.45, 2.75) is 13.0 Å². The molecule has 11 heavy (non-hydrogen) atoms. The minimum Gasteiger partial charge on any atom is -0.510 e. The van der Waals surface area contributed by atoms with Gasteiger partial charge in [0.25, 0.3) is 0 Å². The summed E-state index contributed by atoms with van der Waals surface area (Å²) < 4.78 is 0. The second kappa shape index (κ2) is 3.28. The molecule has 0 aromatic heterocycles. The summed E-state index contributed by atoms with van der Waals surface area (Å²) in [6.07, 6.45) is 7.31. The Balaban J connectivity index is 2.64. The van der Waals surface area contributed by atoms with Crippen molar-refractivity contribution in [3.63, 3.8) is 0 Å². The van der Waals surface area contributed by atoms with E-state index in [0.29, 0.717) is 5.76 Å². The molecular formula is C9H13NO. The lowest BCUT2D eigenvalue weighted by molar-refractivity contribution is 0.256.